The van der Waals surface area contributed by atoms with Crippen molar-refractivity contribution >= 4 is 45.2 Å². The van der Waals surface area contributed by atoms with Crippen molar-refractivity contribution in [3.63, 3.8) is 0 Å². The number of carbonyl (C=O) groups excluding carboxylic acids is 1. The Labute approximate surface area is 130 Å². The number of nitrogens with one attached hydrogen (secondary N) is 1. The smallest absolute Gasteiger partial charge is 0.321 e. The van der Waals surface area contributed by atoms with Crippen LogP contribution in [0.1, 0.15) is 6.92 Å². The average Bonchev–Trinajstić information content (AvgIpc) is 2.76. The fourth-order valence-electron chi connectivity index (χ4n) is 2.24. The minimum Gasteiger partial charge on any atom is -0.481 e. The highest BCUT2D eigenvalue weighted by atomic mass is 79.9. The molecule has 0 aliphatic carbocycles. The molecule has 2 amide bonds. The van der Waals surface area contributed by atoms with Crippen LogP contribution in [0, 0.1) is 11.8 Å². The van der Waals surface area contributed by atoms with Gasteiger partial charge in [0.25, 0.3) is 0 Å². The quantitative estimate of drug-likeness (QED) is 0.849. The van der Waals surface area contributed by atoms with E-state index in [4.69, 9.17) is 16.7 Å². The van der Waals surface area contributed by atoms with Crippen LogP contribution in [0.25, 0.3) is 0 Å². The molecule has 1 aliphatic rings. The molecule has 0 bridgehead atoms. The number of rotatable bonds is 2. The summed E-state index contributed by atoms with van der Waals surface area (Å²) in [6, 6.07) is 4.82. The molecule has 0 spiro atoms. The molecule has 1 fully saturated rings. The second-order valence-electron chi connectivity index (χ2n) is 4.88. The van der Waals surface area contributed by atoms with Crippen LogP contribution in [0.4, 0.5) is 10.5 Å². The summed E-state index contributed by atoms with van der Waals surface area (Å²) in [5.41, 5.74) is 0.498. The van der Waals surface area contributed by atoms with Gasteiger partial charge in [-0.25, -0.2) is 4.79 Å². The molecule has 0 unspecified atom stereocenters. The lowest BCUT2D eigenvalue weighted by atomic mass is 9.99. The van der Waals surface area contributed by atoms with Gasteiger partial charge in [0.15, 0.2) is 0 Å². The molecule has 0 aromatic heterocycles. The Morgan fingerprint density at radius 3 is 2.75 bits per heavy atom. The van der Waals surface area contributed by atoms with Gasteiger partial charge in [-0.15, -0.1) is 0 Å². The maximum absolute atomic E-state index is 12.1. The number of likely N-dealkylation sites (tertiary alicyclic amines) is 1. The monoisotopic (exact) mass is 360 g/mol. The number of hydrogen-bond acceptors (Lipinski definition) is 2. The molecule has 2 rings (SSSR count). The first-order valence-electron chi connectivity index (χ1n) is 6.12. The van der Waals surface area contributed by atoms with Gasteiger partial charge in [-0.05, 0) is 24.1 Å². The number of carboxylic acids is 1. The summed E-state index contributed by atoms with van der Waals surface area (Å²) >= 11 is 9.31. The molecule has 20 heavy (non-hydrogen) atoms. The van der Waals surface area contributed by atoms with Crippen LogP contribution >= 0.6 is 27.5 Å². The number of anilines is 1. The molecule has 7 heteroatoms. The maximum atomic E-state index is 12.1. The first-order chi connectivity index (χ1) is 9.38. The van der Waals surface area contributed by atoms with Crippen LogP contribution in [0.2, 0.25) is 5.02 Å². The van der Waals surface area contributed by atoms with Gasteiger partial charge in [0.1, 0.15) is 0 Å². The van der Waals surface area contributed by atoms with Crippen molar-refractivity contribution in [2.24, 2.45) is 11.8 Å². The van der Waals surface area contributed by atoms with Crippen LogP contribution in [0.5, 0.6) is 0 Å². The highest BCUT2D eigenvalue weighted by Gasteiger charge is 2.37. The number of carbonyl (C=O) groups is 2. The number of aliphatic carboxylic acids is 1. The molecule has 1 heterocycles. The summed E-state index contributed by atoms with van der Waals surface area (Å²) in [5.74, 6) is -1.44. The van der Waals surface area contributed by atoms with Gasteiger partial charge >= 0.3 is 12.0 Å². The Hall–Kier alpha value is -1.27. The highest BCUT2D eigenvalue weighted by molar-refractivity contribution is 9.10. The molecular weight excluding hydrogens is 348 g/mol. The summed E-state index contributed by atoms with van der Waals surface area (Å²) in [6.45, 7) is 2.47. The van der Waals surface area contributed by atoms with Crippen molar-refractivity contribution in [1.82, 2.24) is 4.90 Å². The van der Waals surface area contributed by atoms with Crippen LogP contribution in [0.3, 0.4) is 0 Å². The van der Waals surface area contributed by atoms with E-state index in [0.29, 0.717) is 17.3 Å². The second-order valence-corrected chi connectivity index (χ2v) is 6.20. The minimum atomic E-state index is -0.867. The first kappa shape index (κ1) is 15.1. The number of benzene rings is 1. The van der Waals surface area contributed by atoms with E-state index in [-0.39, 0.29) is 18.5 Å². The number of urea groups is 1. The third-order valence-corrected chi connectivity index (χ3v) is 4.21. The number of halogens is 2. The van der Waals surface area contributed by atoms with E-state index in [2.05, 4.69) is 21.2 Å². The third-order valence-electron chi connectivity index (χ3n) is 3.39. The molecule has 1 saturated heterocycles. The van der Waals surface area contributed by atoms with Crippen molar-refractivity contribution in [2.45, 2.75) is 6.92 Å². The van der Waals surface area contributed by atoms with Crippen molar-refractivity contribution < 1.29 is 14.7 Å². The molecule has 2 atom stereocenters. The lowest BCUT2D eigenvalue weighted by Crippen LogP contribution is -2.33. The van der Waals surface area contributed by atoms with Crippen LogP contribution in [-0.4, -0.2) is 35.1 Å². The lowest BCUT2D eigenvalue weighted by Gasteiger charge is -2.17. The van der Waals surface area contributed by atoms with Crippen LogP contribution < -0.4 is 5.32 Å². The topological polar surface area (TPSA) is 69.6 Å². The number of amides is 2. The van der Waals surface area contributed by atoms with Crippen molar-refractivity contribution in [3.05, 3.63) is 27.7 Å². The van der Waals surface area contributed by atoms with Crippen LogP contribution in [-0.2, 0) is 4.79 Å². The summed E-state index contributed by atoms with van der Waals surface area (Å²) in [4.78, 5) is 24.7. The third kappa shape index (κ3) is 3.24. The molecule has 1 aromatic rings. The predicted molar refractivity (Wildman–Crippen MR) is 80.0 cm³/mol. The van der Waals surface area contributed by atoms with Crippen molar-refractivity contribution in [2.75, 3.05) is 18.4 Å². The Balaban J connectivity index is 2.06. The van der Waals surface area contributed by atoms with Gasteiger partial charge in [0.05, 0.1) is 16.6 Å². The molecule has 1 aliphatic heterocycles. The normalized spacial score (nSPS) is 21.9. The molecule has 5 nitrogen and oxygen atoms in total. The van der Waals surface area contributed by atoms with Gasteiger partial charge < -0.3 is 15.3 Å². The fraction of sp³-hybridized carbons (Fsp3) is 0.385. The Bertz CT molecular complexity index is 552. The largest absolute Gasteiger partial charge is 0.481 e. The number of nitrogens with zero attached hydrogens (tertiary/aromatic N) is 1. The molecule has 0 saturated carbocycles. The minimum absolute atomic E-state index is 0.0590. The first-order valence-corrected chi connectivity index (χ1v) is 7.29. The zero-order chi connectivity index (χ0) is 14.9. The summed E-state index contributed by atoms with van der Waals surface area (Å²) in [7, 11) is 0. The summed E-state index contributed by atoms with van der Waals surface area (Å²) in [5, 5.41) is 12.2. The van der Waals surface area contributed by atoms with E-state index in [1.807, 2.05) is 6.92 Å². The van der Waals surface area contributed by atoms with Gasteiger partial charge in [0.2, 0.25) is 0 Å². The van der Waals surface area contributed by atoms with E-state index in [0.717, 1.165) is 4.47 Å². The van der Waals surface area contributed by atoms with Gasteiger partial charge in [-0.3, -0.25) is 4.79 Å². The van der Waals surface area contributed by atoms with E-state index in [1.165, 1.54) is 4.90 Å². The van der Waals surface area contributed by atoms with Crippen LogP contribution in [0.15, 0.2) is 22.7 Å². The lowest BCUT2D eigenvalue weighted by molar-refractivity contribution is -0.142. The second kappa shape index (κ2) is 6.01. The zero-order valence-electron chi connectivity index (χ0n) is 10.8. The molecule has 108 valence electrons. The van der Waals surface area contributed by atoms with E-state index >= 15 is 0 Å². The SMILES string of the molecule is C[C@@H]1CN(C(=O)Nc2cc(Br)ccc2Cl)C[C@H]1C(=O)O. The molecule has 1 aromatic carbocycles. The van der Waals surface area contributed by atoms with Crippen molar-refractivity contribution in [3.8, 4) is 0 Å². The standard InChI is InChI=1S/C13H14BrClN2O3/c1-7-5-17(6-9(7)12(18)19)13(20)16-11-4-8(14)2-3-10(11)15/h2-4,7,9H,5-6H2,1H3,(H,16,20)(H,18,19)/t7-,9-/m1/s1. The van der Waals surface area contributed by atoms with Gasteiger partial charge in [0, 0.05) is 17.6 Å². The molecular formula is C13H14BrClN2O3. The Morgan fingerprint density at radius 1 is 1.45 bits per heavy atom. The zero-order valence-corrected chi connectivity index (χ0v) is 13.1. The Morgan fingerprint density at radius 2 is 2.15 bits per heavy atom. The number of hydrogen-bond donors (Lipinski definition) is 2. The predicted octanol–water partition coefficient (Wildman–Crippen LogP) is 3.29. The van der Waals surface area contributed by atoms with Gasteiger partial charge in [-0.1, -0.05) is 34.5 Å². The Kier molecular flexibility index (Phi) is 4.55. The molecule has 0 radical (unpaired) electrons. The molecule has 2 N–H and O–H groups in total. The fourth-order valence-corrected chi connectivity index (χ4v) is 2.77. The number of carboxylic acid groups (broad SMARTS) is 1. The highest BCUT2D eigenvalue weighted by Crippen LogP contribution is 2.28. The average molecular weight is 362 g/mol. The summed E-state index contributed by atoms with van der Waals surface area (Å²) < 4.78 is 0.801. The summed E-state index contributed by atoms with van der Waals surface area (Å²) in [6.07, 6.45) is 0. The van der Waals surface area contributed by atoms with E-state index in [9.17, 15) is 9.59 Å². The van der Waals surface area contributed by atoms with E-state index < -0.39 is 11.9 Å². The van der Waals surface area contributed by atoms with E-state index in [1.54, 1.807) is 18.2 Å². The van der Waals surface area contributed by atoms with Crippen molar-refractivity contribution in [1.29, 1.82) is 0 Å². The van der Waals surface area contributed by atoms with Gasteiger partial charge in [-0.2, -0.15) is 0 Å². The maximum Gasteiger partial charge on any atom is 0.321 e.